The maximum atomic E-state index is 13.5. The van der Waals surface area contributed by atoms with Crippen molar-refractivity contribution in [1.29, 1.82) is 5.26 Å². The van der Waals surface area contributed by atoms with Crippen molar-refractivity contribution in [1.82, 2.24) is 4.98 Å². The van der Waals surface area contributed by atoms with Crippen molar-refractivity contribution in [3.8, 4) is 11.8 Å². The summed E-state index contributed by atoms with van der Waals surface area (Å²) in [5.74, 6) is -3.72. The second-order valence-electron chi connectivity index (χ2n) is 9.43. The molecule has 3 fully saturated rings. The Kier molecular flexibility index (Phi) is 4.97. The van der Waals surface area contributed by atoms with Crippen LogP contribution < -0.4 is 9.64 Å². The average Bonchev–Trinajstić information content (AvgIpc) is 3.32. The number of halogens is 4. The number of anilines is 1. The van der Waals surface area contributed by atoms with E-state index in [1.807, 2.05) is 0 Å². The molecule has 1 aromatic carbocycles. The number of hydrogen-bond acceptors (Lipinski definition) is 6. The molecule has 0 N–H and O–H groups in total. The molecule has 5 atom stereocenters. The molecule has 11 heteroatoms. The minimum atomic E-state index is -4.83. The van der Waals surface area contributed by atoms with Gasteiger partial charge in [0.15, 0.2) is 0 Å². The van der Waals surface area contributed by atoms with Gasteiger partial charge in [-0.25, -0.2) is 9.88 Å². The van der Waals surface area contributed by atoms with Gasteiger partial charge in [0.25, 0.3) is 0 Å². The van der Waals surface area contributed by atoms with Crippen molar-refractivity contribution < 1.29 is 36.6 Å². The second kappa shape index (κ2) is 7.49. The molecule has 3 aliphatic heterocycles. The van der Waals surface area contributed by atoms with Crippen LogP contribution in [0.25, 0.3) is 0 Å². The van der Waals surface area contributed by atoms with Gasteiger partial charge in [-0.1, -0.05) is 0 Å². The van der Waals surface area contributed by atoms with E-state index in [1.54, 1.807) is 13.8 Å². The Morgan fingerprint density at radius 3 is 2.54 bits per heavy atom. The molecular formula is C24H19F4N3O4. The summed E-state index contributed by atoms with van der Waals surface area (Å²) in [6.45, 7) is 3.53. The number of alkyl halides is 3. The van der Waals surface area contributed by atoms with E-state index in [2.05, 4.69) is 4.98 Å². The SMILES string of the molecule is C[C@]12O[C@](C)(C[C@H]1COc1ccc(F)nc1)[C@H]1C(=O)N(c3ccc(C#N)c(C(F)(F)F)c3)C(=O)[C@H]12. The first-order valence-electron chi connectivity index (χ1n) is 10.8. The zero-order valence-electron chi connectivity index (χ0n) is 18.6. The van der Waals surface area contributed by atoms with Gasteiger partial charge in [-0.2, -0.15) is 22.8 Å². The van der Waals surface area contributed by atoms with E-state index in [4.69, 9.17) is 14.7 Å². The number of ether oxygens (including phenoxy) is 2. The van der Waals surface area contributed by atoms with Crippen LogP contribution in [-0.4, -0.2) is 34.6 Å². The van der Waals surface area contributed by atoms with E-state index in [-0.39, 0.29) is 18.2 Å². The largest absolute Gasteiger partial charge is 0.492 e. The zero-order chi connectivity index (χ0) is 25.3. The van der Waals surface area contributed by atoms with Gasteiger partial charge in [0, 0.05) is 5.92 Å². The van der Waals surface area contributed by atoms with Crippen molar-refractivity contribution in [2.75, 3.05) is 11.5 Å². The minimum absolute atomic E-state index is 0.110. The molecule has 2 bridgehead atoms. The smallest absolute Gasteiger partial charge is 0.417 e. The molecule has 5 rings (SSSR count). The van der Waals surface area contributed by atoms with Gasteiger partial charge in [-0.05, 0) is 50.6 Å². The normalized spacial score (nSPS) is 31.6. The monoisotopic (exact) mass is 489 g/mol. The first kappa shape index (κ1) is 23.2. The maximum absolute atomic E-state index is 13.5. The topological polar surface area (TPSA) is 92.5 Å². The lowest BCUT2D eigenvalue weighted by Gasteiger charge is -2.35. The molecule has 3 saturated heterocycles. The van der Waals surface area contributed by atoms with Crippen LogP contribution in [0.5, 0.6) is 5.75 Å². The fourth-order valence-electron chi connectivity index (χ4n) is 5.82. The third kappa shape index (κ3) is 3.38. The first-order chi connectivity index (χ1) is 16.4. The number of benzene rings is 1. The maximum Gasteiger partial charge on any atom is 0.417 e. The molecule has 0 unspecified atom stereocenters. The number of hydrogen-bond donors (Lipinski definition) is 0. The van der Waals surface area contributed by atoms with Crippen molar-refractivity contribution in [2.45, 2.75) is 37.6 Å². The summed E-state index contributed by atoms with van der Waals surface area (Å²) in [7, 11) is 0. The Balaban J connectivity index is 1.45. The highest BCUT2D eigenvalue weighted by Crippen LogP contribution is 2.63. The molecule has 182 valence electrons. The number of imide groups is 1. The quantitative estimate of drug-likeness (QED) is 0.368. The van der Waals surface area contributed by atoms with Crippen LogP contribution in [0.15, 0.2) is 36.5 Å². The van der Waals surface area contributed by atoms with Crippen LogP contribution in [0.2, 0.25) is 0 Å². The highest BCUT2D eigenvalue weighted by Gasteiger charge is 2.75. The Morgan fingerprint density at radius 2 is 1.91 bits per heavy atom. The van der Waals surface area contributed by atoms with Crippen molar-refractivity contribution in [3.63, 3.8) is 0 Å². The average molecular weight is 489 g/mol. The minimum Gasteiger partial charge on any atom is -0.492 e. The molecule has 0 aliphatic carbocycles. The molecule has 7 nitrogen and oxygen atoms in total. The van der Waals surface area contributed by atoms with Gasteiger partial charge in [0.05, 0.1) is 58.7 Å². The molecule has 3 aliphatic rings. The van der Waals surface area contributed by atoms with Crippen LogP contribution in [0, 0.1) is 35.0 Å². The van der Waals surface area contributed by atoms with Crippen LogP contribution >= 0.6 is 0 Å². The van der Waals surface area contributed by atoms with Gasteiger partial charge in [0.2, 0.25) is 17.8 Å². The van der Waals surface area contributed by atoms with Crippen molar-refractivity contribution >= 4 is 17.5 Å². The van der Waals surface area contributed by atoms with Gasteiger partial charge >= 0.3 is 6.18 Å². The summed E-state index contributed by atoms with van der Waals surface area (Å²) >= 11 is 0. The summed E-state index contributed by atoms with van der Waals surface area (Å²) in [4.78, 5) is 31.2. The Hall–Kier alpha value is -3.52. The fraction of sp³-hybridized carbons (Fsp3) is 0.417. The van der Waals surface area contributed by atoms with E-state index < -0.39 is 58.1 Å². The lowest BCUT2D eigenvalue weighted by Crippen LogP contribution is -2.48. The van der Waals surface area contributed by atoms with Crippen molar-refractivity contribution in [3.05, 3.63) is 53.6 Å². The standard InChI is InChI=1S/C24H19F4N3O4/c1-22-8-13(11-34-15-5-6-17(25)30-10-15)23(2,35-22)19-18(22)20(32)31(21(19)33)14-4-3-12(9-29)16(7-14)24(26,27)28/h3-7,10,13,18-19H,8,11H2,1-2H3/t13-,18+,19-,22+,23-/m0/s1. The molecular weight excluding hydrogens is 470 g/mol. The Morgan fingerprint density at radius 1 is 1.20 bits per heavy atom. The van der Waals surface area contributed by atoms with Crippen LogP contribution in [0.3, 0.4) is 0 Å². The lowest BCUT2D eigenvalue weighted by molar-refractivity contribution is -0.138. The number of pyridine rings is 1. The van der Waals surface area contributed by atoms with E-state index in [0.717, 1.165) is 17.0 Å². The summed E-state index contributed by atoms with van der Waals surface area (Å²) in [6.07, 6.45) is -3.22. The number of carbonyl (C=O) groups excluding carboxylic acids is 2. The highest BCUT2D eigenvalue weighted by atomic mass is 19.4. The molecule has 35 heavy (non-hydrogen) atoms. The van der Waals surface area contributed by atoms with E-state index in [0.29, 0.717) is 18.2 Å². The molecule has 0 saturated carbocycles. The summed E-state index contributed by atoms with van der Waals surface area (Å²) in [6, 6.07) is 6.83. The third-order valence-corrected chi connectivity index (χ3v) is 7.34. The number of fused-ring (bicyclic) bond motifs is 5. The van der Waals surface area contributed by atoms with E-state index in [1.165, 1.54) is 24.4 Å². The van der Waals surface area contributed by atoms with Gasteiger partial charge in [-0.15, -0.1) is 0 Å². The molecule has 4 heterocycles. The van der Waals surface area contributed by atoms with Gasteiger partial charge < -0.3 is 9.47 Å². The molecule has 0 spiro atoms. The van der Waals surface area contributed by atoms with Crippen LogP contribution in [-0.2, 0) is 20.5 Å². The third-order valence-electron chi connectivity index (χ3n) is 7.34. The molecule has 1 aromatic heterocycles. The number of rotatable bonds is 4. The Labute approximate surface area is 197 Å². The zero-order valence-corrected chi connectivity index (χ0v) is 18.6. The highest BCUT2D eigenvalue weighted by molar-refractivity contribution is 6.23. The Bertz CT molecular complexity index is 1280. The van der Waals surface area contributed by atoms with Crippen molar-refractivity contribution in [2.24, 2.45) is 17.8 Å². The predicted octanol–water partition coefficient (Wildman–Crippen LogP) is 3.86. The van der Waals surface area contributed by atoms with E-state index >= 15 is 0 Å². The molecule has 0 radical (unpaired) electrons. The fourth-order valence-corrected chi connectivity index (χ4v) is 5.82. The summed E-state index contributed by atoms with van der Waals surface area (Å²) in [5, 5.41) is 9.05. The van der Waals surface area contributed by atoms with Gasteiger partial charge in [-0.3, -0.25) is 9.59 Å². The summed E-state index contributed by atoms with van der Waals surface area (Å²) in [5.41, 5.74) is -4.18. The van der Waals surface area contributed by atoms with Gasteiger partial charge in [0.1, 0.15) is 5.75 Å². The molecule has 2 amide bonds. The predicted molar refractivity (Wildman–Crippen MR) is 111 cm³/mol. The molecule has 2 aromatic rings. The lowest BCUT2D eigenvalue weighted by atomic mass is 9.64. The van der Waals surface area contributed by atoms with E-state index in [9.17, 15) is 27.2 Å². The second-order valence-corrected chi connectivity index (χ2v) is 9.43. The number of amides is 2. The van der Waals surface area contributed by atoms with Crippen LogP contribution in [0.4, 0.5) is 23.2 Å². The number of nitrogens with zero attached hydrogens (tertiary/aromatic N) is 3. The van der Waals surface area contributed by atoms with Crippen LogP contribution in [0.1, 0.15) is 31.4 Å². The first-order valence-corrected chi connectivity index (χ1v) is 10.8. The number of aromatic nitrogens is 1. The number of nitriles is 1. The number of carbonyl (C=O) groups is 2. The summed E-state index contributed by atoms with van der Waals surface area (Å²) < 4.78 is 65.5.